The first-order valence-electron chi connectivity index (χ1n) is 5.52. The summed E-state index contributed by atoms with van der Waals surface area (Å²) in [4.78, 5) is 4.71. The van der Waals surface area contributed by atoms with E-state index < -0.39 is 0 Å². The van der Waals surface area contributed by atoms with Crippen LogP contribution in [0.3, 0.4) is 0 Å². The van der Waals surface area contributed by atoms with E-state index in [1.807, 2.05) is 23.9 Å². The molecule has 1 fully saturated rings. The summed E-state index contributed by atoms with van der Waals surface area (Å²) in [6.07, 6.45) is 6.90. The van der Waals surface area contributed by atoms with Crippen molar-refractivity contribution in [2.75, 3.05) is 0 Å². The first-order chi connectivity index (χ1) is 7.38. The normalized spacial score (nSPS) is 17.3. The van der Waals surface area contributed by atoms with Crippen LogP contribution in [0.15, 0.2) is 29.2 Å². The summed E-state index contributed by atoms with van der Waals surface area (Å²) in [5.74, 6) is 0. The monoisotopic (exact) mass is 217 g/mol. The standard InChI is InChI=1S/C13H15NS/c1-14-11-7-9-13(10-8-11)15-12-5-3-2-4-6-12/h7-10,12H,2-6H2. The van der Waals surface area contributed by atoms with Crippen molar-refractivity contribution in [2.24, 2.45) is 0 Å². The average Bonchev–Trinajstić information content (AvgIpc) is 2.31. The van der Waals surface area contributed by atoms with Gasteiger partial charge in [0.1, 0.15) is 0 Å². The third-order valence-corrected chi connectivity index (χ3v) is 4.17. The second-order valence-corrected chi connectivity index (χ2v) is 5.36. The van der Waals surface area contributed by atoms with Gasteiger partial charge in [0, 0.05) is 10.1 Å². The largest absolute Gasteiger partial charge is 0.238 e. The highest BCUT2D eigenvalue weighted by Gasteiger charge is 2.14. The Morgan fingerprint density at radius 1 is 1.07 bits per heavy atom. The molecule has 2 heteroatoms. The fraction of sp³-hybridized carbons (Fsp3) is 0.462. The highest BCUT2D eigenvalue weighted by molar-refractivity contribution is 8.00. The lowest BCUT2D eigenvalue weighted by Crippen LogP contribution is -2.07. The van der Waals surface area contributed by atoms with Crippen LogP contribution < -0.4 is 0 Å². The molecule has 0 aliphatic heterocycles. The van der Waals surface area contributed by atoms with Gasteiger partial charge >= 0.3 is 0 Å². The van der Waals surface area contributed by atoms with E-state index in [4.69, 9.17) is 6.57 Å². The van der Waals surface area contributed by atoms with E-state index in [0.29, 0.717) is 0 Å². The molecule has 0 heterocycles. The van der Waals surface area contributed by atoms with Crippen LogP contribution in [0.5, 0.6) is 0 Å². The molecule has 0 spiro atoms. The predicted molar refractivity (Wildman–Crippen MR) is 65.4 cm³/mol. The van der Waals surface area contributed by atoms with Crippen molar-refractivity contribution in [1.82, 2.24) is 0 Å². The molecular weight excluding hydrogens is 202 g/mol. The van der Waals surface area contributed by atoms with Crippen LogP contribution >= 0.6 is 11.8 Å². The molecule has 1 nitrogen and oxygen atoms in total. The average molecular weight is 217 g/mol. The molecule has 1 aromatic rings. The summed E-state index contributed by atoms with van der Waals surface area (Å²) in [6.45, 7) is 6.89. The zero-order valence-corrected chi connectivity index (χ0v) is 9.59. The van der Waals surface area contributed by atoms with Crippen LogP contribution in [0.4, 0.5) is 5.69 Å². The van der Waals surface area contributed by atoms with Crippen molar-refractivity contribution in [1.29, 1.82) is 0 Å². The molecule has 1 aliphatic rings. The van der Waals surface area contributed by atoms with Gasteiger partial charge in [0.25, 0.3) is 0 Å². The van der Waals surface area contributed by atoms with Gasteiger partial charge < -0.3 is 0 Å². The maximum Gasteiger partial charge on any atom is 0.187 e. The summed E-state index contributed by atoms with van der Waals surface area (Å²) in [5.41, 5.74) is 0.739. The van der Waals surface area contributed by atoms with Crippen LogP contribution in [0.25, 0.3) is 4.85 Å². The van der Waals surface area contributed by atoms with Gasteiger partial charge in [-0.25, -0.2) is 4.85 Å². The number of hydrogen-bond donors (Lipinski definition) is 0. The van der Waals surface area contributed by atoms with Gasteiger partial charge in [-0.15, -0.1) is 11.8 Å². The predicted octanol–water partition coefficient (Wildman–Crippen LogP) is 4.66. The Hall–Kier alpha value is -0.940. The molecule has 1 aliphatic carbocycles. The summed E-state index contributed by atoms with van der Waals surface area (Å²) < 4.78 is 0. The Morgan fingerprint density at radius 2 is 1.73 bits per heavy atom. The minimum Gasteiger partial charge on any atom is -0.238 e. The molecule has 1 saturated carbocycles. The van der Waals surface area contributed by atoms with Crippen molar-refractivity contribution >= 4 is 17.4 Å². The fourth-order valence-corrected chi connectivity index (χ4v) is 3.22. The van der Waals surface area contributed by atoms with E-state index in [0.717, 1.165) is 10.9 Å². The lowest BCUT2D eigenvalue weighted by atomic mass is 10.0. The van der Waals surface area contributed by atoms with Crippen molar-refractivity contribution in [2.45, 2.75) is 42.2 Å². The van der Waals surface area contributed by atoms with Crippen molar-refractivity contribution < 1.29 is 0 Å². The lowest BCUT2D eigenvalue weighted by Gasteiger charge is -2.20. The van der Waals surface area contributed by atoms with E-state index >= 15 is 0 Å². The van der Waals surface area contributed by atoms with Gasteiger partial charge in [-0.2, -0.15) is 0 Å². The molecule has 0 bridgehead atoms. The molecule has 0 aromatic heterocycles. The van der Waals surface area contributed by atoms with Gasteiger partial charge in [-0.05, 0) is 12.8 Å². The highest BCUT2D eigenvalue weighted by Crippen LogP contribution is 2.34. The zero-order valence-electron chi connectivity index (χ0n) is 8.78. The summed E-state index contributed by atoms with van der Waals surface area (Å²) in [6, 6.07) is 7.98. The maximum absolute atomic E-state index is 6.89. The smallest absolute Gasteiger partial charge is 0.187 e. The second kappa shape index (κ2) is 5.23. The Morgan fingerprint density at radius 3 is 2.33 bits per heavy atom. The highest BCUT2D eigenvalue weighted by atomic mass is 32.2. The van der Waals surface area contributed by atoms with Crippen molar-refractivity contribution in [3.05, 3.63) is 35.7 Å². The molecule has 0 radical (unpaired) electrons. The van der Waals surface area contributed by atoms with E-state index in [9.17, 15) is 0 Å². The van der Waals surface area contributed by atoms with Crippen molar-refractivity contribution in [3.63, 3.8) is 0 Å². The number of hydrogen-bond acceptors (Lipinski definition) is 1. The number of benzene rings is 1. The second-order valence-electron chi connectivity index (χ2n) is 3.98. The van der Waals surface area contributed by atoms with Crippen LogP contribution in [-0.2, 0) is 0 Å². The van der Waals surface area contributed by atoms with E-state index in [-0.39, 0.29) is 0 Å². The summed E-state index contributed by atoms with van der Waals surface area (Å²) >= 11 is 1.98. The Kier molecular flexibility index (Phi) is 3.69. The van der Waals surface area contributed by atoms with E-state index in [2.05, 4.69) is 17.0 Å². The van der Waals surface area contributed by atoms with Crippen LogP contribution in [-0.4, -0.2) is 5.25 Å². The van der Waals surface area contributed by atoms with E-state index in [1.54, 1.807) is 0 Å². The molecule has 78 valence electrons. The van der Waals surface area contributed by atoms with Gasteiger partial charge in [0.2, 0.25) is 0 Å². The molecule has 0 unspecified atom stereocenters. The van der Waals surface area contributed by atoms with Crippen LogP contribution in [0.2, 0.25) is 0 Å². The number of rotatable bonds is 2. The minimum atomic E-state index is 0.739. The summed E-state index contributed by atoms with van der Waals surface area (Å²) in [7, 11) is 0. The molecule has 1 aromatic carbocycles. The first-order valence-corrected chi connectivity index (χ1v) is 6.40. The zero-order chi connectivity index (χ0) is 10.5. The molecule has 0 N–H and O–H groups in total. The van der Waals surface area contributed by atoms with E-state index in [1.165, 1.54) is 37.0 Å². The summed E-state index contributed by atoms with van der Waals surface area (Å²) in [5, 5.41) is 0.803. The Bertz CT molecular complexity index is 344. The van der Waals surface area contributed by atoms with Gasteiger partial charge in [-0.1, -0.05) is 43.5 Å². The molecule has 15 heavy (non-hydrogen) atoms. The number of nitrogens with zero attached hydrogens (tertiary/aromatic N) is 1. The van der Waals surface area contributed by atoms with Gasteiger partial charge in [0.05, 0.1) is 6.57 Å². The lowest BCUT2D eigenvalue weighted by molar-refractivity contribution is 0.516. The quantitative estimate of drug-likeness (QED) is 0.652. The third-order valence-electron chi connectivity index (χ3n) is 2.82. The van der Waals surface area contributed by atoms with Crippen LogP contribution in [0.1, 0.15) is 32.1 Å². The third kappa shape index (κ3) is 3.00. The van der Waals surface area contributed by atoms with Crippen LogP contribution in [0, 0.1) is 6.57 Å². The topological polar surface area (TPSA) is 4.36 Å². The van der Waals surface area contributed by atoms with Crippen molar-refractivity contribution in [3.8, 4) is 0 Å². The minimum absolute atomic E-state index is 0.739. The molecule has 0 atom stereocenters. The molecule has 2 rings (SSSR count). The van der Waals surface area contributed by atoms with Gasteiger partial charge in [-0.3, -0.25) is 0 Å². The van der Waals surface area contributed by atoms with Gasteiger partial charge in [0.15, 0.2) is 5.69 Å². The molecule has 0 amide bonds. The SMILES string of the molecule is [C-]#[N+]c1ccc(SC2CCCCC2)cc1. The Labute approximate surface area is 95.7 Å². The Balaban J connectivity index is 1.95. The maximum atomic E-state index is 6.89. The molecule has 0 saturated heterocycles. The number of thioether (sulfide) groups is 1. The first kappa shape index (κ1) is 10.6. The fourth-order valence-electron chi connectivity index (χ4n) is 1.97. The molecular formula is C13H15NS.